The summed E-state index contributed by atoms with van der Waals surface area (Å²) in [5, 5.41) is 14.0. The van der Waals surface area contributed by atoms with Gasteiger partial charge in [0.05, 0.1) is 17.8 Å². The van der Waals surface area contributed by atoms with Crippen molar-refractivity contribution in [1.29, 1.82) is 0 Å². The van der Waals surface area contributed by atoms with Crippen molar-refractivity contribution >= 4 is 29.4 Å². The molecule has 0 aliphatic rings. The van der Waals surface area contributed by atoms with Gasteiger partial charge in [-0.15, -0.1) is 5.10 Å². The Balaban J connectivity index is 1.65. The van der Waals surface area contributed by atoms with E-state index in [1.807, 2.05) is 12.1 Å². The van der Waals surface area contributed by atoms with Crippen LogP contribution < -0.4 is 5.32 Å². The number of methoxy groups -OCH3 is 1. The van der Waals surface area contributed by atoms with E-state index in [2.05, 4.69) is 25.6 Å². The van der Waals surface area contributed by atoms with Gasteiger partial charge in [-0.3, -0.25) is 15.2 Å². The summed E-state index contributed by atoms with van der Waals surface area (Å²) in [5.74, 6) is -0.748. The molecule has 0 bridgehead atoms. The van der Waals surface area contributed by atoms with Crippen molar-refractivity contribution in [3.05, 3.63) is 77.1 Å². The number of nitrogens with zero attached hydrogens (tertiary/aromatic N) is 4. The summed E-state index contributed by atoms with van der Waals surface area (Å²) in [6.07, 6.45) is 0. The van der Waals surface area contributed by atoms with Crippen LogP contribution in [0.4, 0.5) is 5.95 Å². The number of hydrogen-bond acceptors (Lipinski definition) is 6. The first-order chi connectivity index (χ1) is 14.6. The summed E-state index contributed by atoms with van der Waals surface area (Å²) in [6.45, 7) is 0. The molecule has 0 unspecified atom stereocenters. The summed E-state index contributed by atoms with van der Waals surface area (Å²) >= 11 is 6.17. The molecular formula is C20H15ClN6O3. The zero-order valence-corrected chi connectivity index (χ0v) is 16.4. The Kier molecular flexibility index (Phi) is 5.27. The first-order valence-electron chi connectivity index (χ1n) is 8.79. The molecule has 0 fully saturated rings. The lowest BCUT2D eigenvalue weighted by Crippen LogP contribution is -2.17. The summed E-state index contributed by atoms with van der Waals surface area (Å²) in [5.41, 5.74) is 1.36. The topological polar surface area (TPSA) is 115 Å². The lowest BCUT2D eigenvalue weighted by Gasteiger charge is -2.06. The number of amides is 1. The molecule has 30 heavy (non-hydrogen) atoms. The minimum Gasteiger partial charge on any atom is -0.464 e. The van der Waals surface area contributed by atoms with Gasteiger partial charge in [0.2, 0.25) is 5.95 Å². The highest BCUT2D eigenvalue weighted by Crippen LogP contribution is 2.25. The molecule has 9 nitrogen and oxygen atoms in total. The van der Waals surface area contributed by atoms with Crippen LogP contribution in [-0.4, -0.2) is 43.9 Å². The third kappa shape index (κ3) is 3.78. The van der Waals surface area contributed by atoms with E-state index in [4.69, 9.17) is 16.3 Å². The van der Waals surface area contributed by atoms with Crippen molar-refractivity contribution in [3.8, 4) is 17.1 Å². The van der Waals surface area contributed by atoms with E-state index in [0.717, 1.165) is 0 Å². The van der Waals surface area contributed by atoms with Crippen molar-refractivity contribution < 1.29 is 14.3 Å². The van der Waals surface area contributed by atoms with E-state index in [9.17, 15) is 9.59 Å². The fourth-order valence-electron chi connectivity index (χ4n) is 2.77. The Labute approximate surface area is 175 Å². The fraction of sp³-hybridized carbons (Fsp3) is 0.0500. The van der Waals surface area contributed by atoms with Crippen molar-refractivity contribution in [3.63, 3.8) is 0 Å². The lowest BCUT2D eigenvalue weighted by atomic mass is 10.2. The second kappa shape index (κ2) is 8.18. The first-order valence-corrected chi connectivity index (χ1v) is 9.17. The molecule has 4 rings (SSSR count). The van der Waals surface area contributed by atoms with Crippen molar-refractivity contribution in [2.24, 2.45) is 0 Å². The van der Waals surface area contributed by atoms with E-state index < -0.39 is 11.9 Å². The molecule has 0 aliphatic carbocycles. The molecule has 2 N–H and O–H groups in total. The zero-order valence-electron chi connectivity index (χ0n) is 15.7. The van der Waals surface area contributed by atoms with Crippen LogP contribution in [0, 0.1) is 0 Å². The van der Waals surface area contributed by atoms with Crippen LogP contribution in [0.1, 0.15) is 21.0 Å². The van der Waals surface area contributed by atoms with Crippen LogP contribution in [0.5, 0.6) is 0 Å². The number of carbonyl (C=O) groups excluding carboxylic acids is 2. The number of rotatable bonds is 5. The molecule has 150 valence electrons. The summed E-state index contributed by atoms with van der Waals surface area (Å²) < 4.78 is 6.06. The number of nitrogens with one attached hydrogen (secondary N) is 2. The predicted molar refractivity (Wildman–Crippen MR) is 110 cm³/mol. The average molecular weight is 423 g/mol. The van der Waals surface area contributed by atoms with Crippen LogP contribution in [-0.2, 0) is 4.74 Å². The normalized spacial score (nSPS) is 10.6. The molecule has 4 aromatic rings. The molecule has 0 radical (unpaired) electrons. The number of aromatic nitrogens is 5. The molecule has 0 saturated heterocycles. The van der Waals surface area contributed by atoms with Gasteiger partial charge in [-0.2, -0.15) is 10.1 Å². The molecule has 0 atom stereocenters. The summed E-state index contributed by atoms with van der Waals surface area (Å²) in [4.78, 5) is 29.1. The summed E-state index contributed by atoms with van der Waals surface area (Å²) in [6, 6.07) is 17.4. The maximum Gasteiger partial charge on any atom is 0.358 e. The van der Waals surface area contributed by atoms with Gasteiger partial charge < -0.3 is 4.74 Å². The van der Waals surface area contributed by atoms with Gasteiger partial charge in [0, 0.05) is 11.6 Å². The predicted octanol–water partition coefficient (Wildman–Crippen LogP) is 3.35. The molecule has 1 amide bonds. The smallest absolute Gasteiger partial charge is 0.358 e. The van der Waals surface area contributed by atoms with Gasteiger partial charge in [-0.1, -0.05) is 41.9 Å². The Morgan fingerprint density at radius 3 is 2.57 bits per heavy atom. The second-order valence-corrected chi connectivity index (χ2v) is 6.50. The number of benzene rings is 2. The van der Waals surface area contributed by atoms with E-state index >= 15 is 0 Å². The maximum atomic E-state index is 12.9. The highest BCUT2D eigenvalue weighted by Gasteiger charge is 2.22. The largest absolute Gasteiger partial charge is 0.464 e. The molecule has 0 saturated carbocycles. The van der Waals surface area contributed by atoms with E-state index in [1.54, 1.807) is 42.5 Å². The van der Waals surface area contributed by atoms with Gasteiger partial charge in [0.25, 0.3) is 5.91 Å². The first kappa shape index (κ1) is 19.3. The van der Waals surface area contributed by atoms with Gasteiger partial charge in [0.1, 0.15) is 5.69 Å². The molecule has 10 heteroatoms. The van der Waals surface area contributed by atoms with Crippen LogP contribution in [0.25, 0.3) is 17.1 Å². The Morgan fingerprint density at radius 2 is 1.83 bits per heavy atom. The maximum absolute atomic E-state index is 12.9. The van der Waals surface area contributed by atoms with E-state index in [0.29, 0.717) is 22.1 Å². The Hall–Kier alpha value is -3.98. The van der Waals surface area contributed by atoms with Gasteiger partial charge in [0.15, 0.2) is 11.5 Å². The SMILES string of the molecule is COC(=O)c1cc(C(=O)Nc2n[nH]c(-c3ccccc3Cl)n2)n(-c2ccccc2)n1. The average Bonchev–Trinajstić information content (AvgIpc) is 3.42. The number of anilines is 1. The van der Waals surface area contributed by atoms with E-state index in [1.165, 1.54) is 17.9 Å². The number of aromatic amines is 1. The van der Waals surface area contributed by atoms with Gasteiger partial charge in [-0.25, -0.2) is 9.48 Å². The highest BCUT2D eigenvalue weighted by molar-refractivity contribution is 6.33. The van der Waals surface area contributed by atoms with Crippen LogP contribution in [0.3, 0.4) is 0 Å². The zero-order chi connectivity index (χ0) is 21.1. The van der Waals surface area contributed by atoms with Gasteiger partial charge >= 0.3 is 5.97 Å². The third-order valence-corrected chi connectivity index (χ3v) is 4.51. The molecular weight excluding hydrogens is 408 g/mol. The number of para-hydroxylation sites is 1. The number of ether oxygens (including phenoxy) is 1. The molecule has 2 aromatic carbocycles. The van der Waals surface area contributed by atoms with Crippen molar-refractivity contribution in [1.82, 2.24) is 25.0 Å². The van der Waals surface area contributed by atoms with Gasteiger partial charge in [-0.05, 0) is 24.3 Å². The monoisotopic (exact) mass is 422 g/mol. The minimum atomic E-state index is -0.655. The quantitative estimate of drug-likeness (QED) is 0.476. The third-order valence-electron chi connectivity index (χ3n) is 4.18. The number of H-pyrrole nitrogens is 1. The molecule has 0 aliphatic heterocycles. The van der Waals surface area contributed by atoms with Crippen LogP contribution >= 0.6 is 11.6 Å². The number of hydrogen-bond donors (Lipinski definition) is 2. The number of esters is 1. The molecule has 0 spiro atoms. The van der Waals surface area contributed by atoms with Crippen molar-refractivity contribution in [2.45, 2.75) is 0 Å². The highest BCUT2D eigenvalue weighted by atomic mass is 35.5. The van der Waals surface area contributed by atoms with Crippen molar-refractivity contribution in [2.75, 3.05) is 12.4 Å². The minimum absolute atomic E-state index is 0.00162. The second-order valence-electron chi connectivity index (χ2n) is 6.10. The Morgan fingerprint density at radius 1 is 1.10 bits per heavy atom. The molecule has 2 heterocycles. The van der Waals surface area contributed by atoms with Crippen LogP contribution in [0.15, 0.2) is 60.7 Å². The fourth-order valence-corrected chi connectivity index (χ4v) is 3.00. The Bertz CT molecular complexity index is 1220. The van der Waals surface area contributed by atoms with Crippen LogP contribution in [0.2, 0.25) is 5.02 Å². The lowest BCUT2D eigenvalue weighted by molar-refractivity contribution is 0.0593. The molecule has 2 aromatic heterocycles. The number of carbonyl (C=O) groups is 2. The van der Waals surface area contributed by atoms with E-state index in [-0.39, 0.29) is 17.3 Å². The summed E-state index contributed by atoms with van der Waals surface area (Å²) in [7, 11) is 1.24. The number of halogens is 1. The standard InChI is InChI=1S/C20H15ClN6O3/c1-30-19(29)15-11-16(27(26-15)12-7-3-2-4-8-12)18(28)23-20-22-17(24-25-20)13-9-5-6-10-14(13)21/h2-11H,1H3,(H2,22,23,24,25,28).